The van der Waals surface area contributed by atoms with Crippen molar-refractivity contribution in [1.29, 1.82) is 0 Å². The number of hydrogen-bond donors (Lipinski definition) is 2. The number of Topliss-reactive ketones (excluding diaryl/α,β-unsaturated/α-hetero) is 2. The van der Waals surface area contributed by atoms with Gasteiger partial charge >= 0.3 is 0 Å². The molecule has 8 heteroatoms. The van der Waals surface area contributed by atoms with Gasteiger partial charge in [-0.15, -0.1) is 0 Å². The number of fused-ring (bicyclic) bond motifs is 2. The van der Waals surface area contributed by atoms with Crippen LogP contribution in [0.25, 0.3) is 21.9 Å². The van der Waals surface area contributed by atoms with Crippen LogP contribution in [-0.4, -0.2) is 21.8 Å². The predicted octanol–water partition coefficient (Wildman–Crippen LogP) is 3.88. The molecule has 4 aromatic rings. The highest BCUT2D eigenvalue weighted by Crippen LogP contribution is 2.23. The zero-order chi connectivity index (χ0) is 25.2. The Balaban J connectivity index is 0.000000191. The van der Waals surface area contributed by atoms with Gasteiger partial charge in [0.2, 0.25) is 0 Å². The summed E-state index contributed by atoms with van der Waals surface area (Å²) in [4.78, 5) is 45.7. The zero-order valence-electron chi connectivity index (χ0n) is 19.2. The first-order valence-corrected chi connectivity index (χ1v) is 10.5. The van der Waals surface area contributed by atoms with Gasteiger partial charge in [-0.3, -0.25) is 19.2 Å². The van der Waals surface area contributed by atoms with E-state index in [4.69, 9.17) is 8.83 Å². The molecule has 0 atom stereocenters. The second kappa shape index (κ2) is 9.74. The minimum atomic E-state index is -0.194. The van der Waals surface area contributed by atoms with E-state index in [1.165, 1.54) is 50.2 Å². The van der Waals surface area contributed by atoms with E-state index in [1.54, 1.807) is 13.8 Å². The van der Waals surface area contributed by atoms with Crippen LogP contribution in [-0.2, 0) is 22.4 Å². The molecule has 0 unspecified atom stereocenters. The average Bonchev–Trinajstić information content (AvgIpc) is 2.65. The Morgan fingerprint density at radius 1 is 0.676 bits per heavy atom. The van der Waals surface area contributed by atoms with Gasteiger partial charge in [-0.25, -0.2) is 0 Å². The number of phenols is 2. The number of carbonyl (C=O) groups excluding carboxylic acids is 2. The van der Waals surface area contributed by atoms with Gasteiger partial charge in [0, 0.05) is 24.3 Å². The van der Waals surface area contributed by atoms with E-state index < -0.39 is 0 Å². The Kier molecular flexibility index (Phi) is 7.00. The molecule has 0 saturated carbocycles. The number of rotatable bonds is 4. The summed E-state index contributed by atoms with van der Waals surface area (Å²) in [6.07, 6.45) is 0.166. The highest BCUT2D eigenvalue weighted by Gasteiger charge is 2.11. The SMILES string of the molecule is CC(=O)Cc1cc(=O)c2c(C)cc(O)cc2o1.CC(=O)Cc1cc(=O)c2c(C)cc(O)cc2o1. The fourth-order valence-electron chi connectivity index (χ4n) is 3.71. The average molecular weight is 464 g/mol. The summed E-state index contributed by atoms with van der Waals surface area (Å²) >= 11 is 0. The zero-order valence-corrected chi connectivity index (χ0v) is 19.2. The summed E-state index contributed by atoms with van der Waals surface area (Å²) in [6.45, 7) is 6.31. The third kappa shape index (κ3) is 5.58. The number of phenolic OH excluding ortho intramolecular Hbond substituents is 2. The normalized spacial score (nSPS) is 10.7. The highest BCUT2D eigenvalue weighted by atomic mass is 16.3. The van der Waals surface area contributed by atoms with Crippen molar-refractivity contribution in [3.63, 3.8) is 0 Å². The van der Waals surface area contributed by atoms with Crippen LogP contribution in [0.5, 0.6) is 11.5 Å². The van der Waals surface area contributed by atoms with Gasteiger partial charge in [-0.05, 0) is 51.0 Å². The van der Waals surface area contributed by atoms with Crippen molar-refractivity contribution in [2.45, 2.75) is 40.5 Å². The van der Waals surface area contributed by atoms with Gasteiger partial charge in [0.15, 0.2) is 10.9 Å². The molecule has 0 aliphatic carbocycles. The lowest BCUT2D eigenvalue weighted by Gasteiger charge is -2.04. The van der Waals surface area contributed by atoms with Crippen LogP contribution in [0.1, 0.15) is 36.5 Å². The summed E-state index contributed by atoms with van der Waals surface area (Å²) < 4.78 is 10.9. The van der Waals surface area contributed by atoms with Crippen molar-refractivity contribution in [3.05, 3.63) is 79.5 Å². The van der Waals surface area contributed by atoms with Crippen LogP contribution in [0.15, 0.2) is 54.8 Å². The molecule has 0 saturated heterocycles. The van der Waals surface area contributed by atoms with Crippen LogP contribution >= 0.6 is 0 Å². The number of benzene rings is 2. The maximum Gasteiger partial charge on any atom is 0.193 e. The van der Waals surface area contributed by atoms with Gasteiger partial charge in [-0.1, -0.05) is 0 Å². The first-order chi connectivity index (χ1) is 15.9. The molecule has 4 rings (SSSR count). The lowest BCUT2D eigenvalue weighted by molar-refractivity contribution is -0.117. The molecule has 0 bridgehead atoms. The van der Waals surface area contributed by atoms with Crippen LogP contribution in [0.4, 0.5) is 0 Å². The Hall–Kier alpha value is -4.20. The molecule has 176 valence electrons. The summed E-state index contributed by atoms with van der Waals surface area (Å²) in [5.41, 5.74) is 1.55. The second-order valence-corrected chi connectivity index (χ2v) is 8.18. The monoisotopic (exact) mass is 464 g/mol. The molecular formula is C26H24O8. The molecule has 34 heavy (non-hydrogen) atoms. The van der Waals surface area contributed by atoms with Crippen molar-refractivity contribution in [3.8, 4) is 11.5 Å². The van der Waals surface area contributed by atoms with Gasteiger partial charge in [0.05, 0.1) is 23.6 Å². The van der Waals surface area contributed by atoms with E-state index in [2.05, 4.69) is 0 Å². The first kappa shape index (κ1) is 24.4. The molecular weight excluding hydrogens is 440 g/mol. The van der Waals surface area contributed by atoms with Crippen LogP contribution in [0.2, 0.25) is 0 Å². The molecule has 2 heterocycles. The fourth-order valence-corrected chi connectivity index (χ4v) is 3.71. The number of aromatic hydroxyl groups is 2. The van der Waals surface area contributed by atoms with E-state index in [9.17, 15) is 29.4 Å². The summed E-state index contributed by atoms with van der Waals surface area (Å²) in [6, 6.07) is 8.43. The van der Waals surface area contributed by atoms with E-state index in [0.29, 0.717) is 44.6 Å². The van der Waals surface area contributed by atoms with E-state index in [-0.39, 0.29) is 46.8 Å². The smallest absolute Gasteiger partial charge is 0.193 e. The Labute approximate surface area is 194 Å². The number of ketones is 2. The second-order valence-electron chi connectivity index (χ2n) is 8.18. The first-order valence-electron chi connectivity index (χ1n) is 10.5. The summed E-state index contributed by atoms with van der Waals surface area (Å²) in [5, 5.41) is 19.8. The molecule has 0 aliphatic rings. The minimum absolute atomic E-state index is 0.0399. The Bertz CT molecular complexity index is 1420. The third-order valence-corrected chi connectivity index (χ3v) is 4.97. The lowest BCUT2D eigenvalue weighted by Crippen LogP contribution is -2.06. The van der Waals surface area contributed by atoms with Crippen LogP contribution in [0.3, 0.4) is 0 Å². The number of carbonyl (C=O) groups is 2. The van der Waals surface area contributed by atoms with Crippen molar-refractivity contribution in [1.82, 2.24) is 0 Å². The van der Waals surface area contributed by atoms with Gasteiger partial charge in [0.1, 0.15) is 45.8 Å². The van der Waals surface area contributed by atoms with E-state index in [0.717, 1.165) is 0 Å². The largest absolute Gasteiger partial charge is 0.508 e. The lowest BCUT2D eigenvalue weighted by atomic mass is 10.1. The minimum Gasteiger partial charge on any atom is -0.508 e. The van der Waals surface area contributed by atoms with Crippen LogP contribution < -0.4 is 10.9 Å². The van der Waals surface area contributed by atoms with Crippen LogP contribution in [0, 0.1) is 13.8 Å². The molecule has 0 aliphatic heterocycles. The Morgan fingerprint density at radius 2 is 1.03 bits per heavy atom. The van der Waals surface area contributed by atoms with Gasteiger partial charge in [-0.2, -0.15) is 0 Å². The van der Waals surface area contributed by atoms with Crippen molar-refractivity contribution in [2.75, 3.05) is 0 Å². The molecule has 0 amide bonds. The molecule has 0 fully saturated rings. The molecule has 0 radical (unpaired) electrons. The third-order valence-electron chi connectivity index (χ3n) is 4.97. The summed E-state index contributed by atoms with van der Waals surface area (Å²) in [7, 11) is 0. The van der Waals surface area contributed by atoms with Gasteiger partial charge in [0.25, 0.3) is 0 Å². The van der Waals surface area contributed by atoms with E-state index in [1.807, 2.05) is 0 Å². The number of aryl methyl sites for hydroxylation is 2. The molecule has 2 N–H and O–H groups in total. The molecule has 0 spiro atoms. The highest BCUT2D eigenvalue weighted by molar-refractivity contribution is 5.84. The van der Waals surface area contributed by atoms with Crippen molar-refractivity contribution >= 4 is 33.5 Å². The maximum atomic E-state index is 11.9. The predicted molar refractivity (Wildman–Crippen MR) is 127 cm³/mol. The van der Waals surface area contributed by atoms with Crippen molar-refractivity contribution in [2.24, 2.45) is 0 Å². The molecule has 8 nitrogen and oxygen atoms in total. The quantitative estimate of drug-likeness (QED) is 0.465. The molecule has 2 aromatic carbocycles. The van der Waals surface area contributed by atoms with E-state index >= 15 is 0 Å². The number of hydrogen-bond acceptors (Lipinski definition) is 8. The summed E-state index contributed by atoms with van der Waals surface area (Å²) in [5.74, 6) is 0.560. The van der Waals surface area contributed by atoms with Gasteiger partial charge < -0.3 is 19.0 Å². The Morgan fingerprint density at radius 3 is 1.35 bits per heavy atom. The standard InChI is InChI=1S/2C13H12O4/c2*1-7-3-9(15)5-12-13(7)11(16)6-10(17-12)4-8(2)14/h2*3,5-6,15H,4H2,1-2H3. The fraction of sp³-hybridized carbons (Fsp3) is 0.231. The van der Waals surface area contributed by atoms with Crippen molar-refractivity contribution < 1.29 is 28.6 Å². The maximum absolute atomic E-state index is 11.9. The molecule has 2 aromatic heterocycles. The topological polar surface area (TPSA) is 135 Å².